The van der Waals surface area contributed by atoms with Crippen molar-refractivity contribution >= 4 is 41.7 Å². The number of ether oxygens (including phenoxy) is 1. The predicted octanol–water partition coefficient (Wildman–Crippen LogP) is 2.43. The second-order valence-electron chi connectivity index (χ2n) is 5.05. The zero-order valence-corrected chi connectivity index (χ0v) is 15.7. The van der Waals surface area contributed by atoms with Gasteiger partial charge in [0.15, 0.2) is 5.96 Å². The molecule has 0 radical (unpaired) electrons. The fraction of sp³-hybridized carbons (Fsp3) is 0.923. The van der Waals surface area contributed by atoms with Crippen LogP contribution in [0.25, 0.3) is 0 Å². The summed E-state index contributed by atoms with van der Waals surface area (Å²) < 4.78 is 5.65. The van der Waals surface area contributed by atoms with Crippen molar-refractivity contribution in [3.8, 4) is 0 Å². The topological polar surface area (TPSA) is 36.9 Å². The third-order valence-electron chi connectivity index (χ3n) is 2.89. The fourth-order valence-corrected chi connectivity index (χ4v) is 3.16. The van der Waals surface area contributed by atoms with Gasteiger partial charge in [0.25, 0.3) is 0 Å². The Morgan fingerprint density at radius 3 is 2.79 bits per heavy atom. The van der Waals surface area contributed by atoms with Gasteiger partial charge in [-0.25, -0.2) is 0 Å². The lowest BCUT2D eigenvalue weighted by atomic mass is 10.2. The van der Waals surface area contributed by atoms with Crippen LogP contribution < -0.4 is 5.32 Å². The molecule has 0 bridgehead atoms. The third kappa shape index (κ3) is 7.60. The standard InChI is InChI=1S/C13H27N3OS.HI/c1-5-17-9-6-7-15-12(14-4)16-8-10-18-13(2,3)11-16;/h5-11H2,1-4H3,(H,14,15);1H. The summed E-state index contributed by atoms with van der Waals surface area (Å²) >= 11 is 2.04. The first-order valence-electron chi connectivity index (χ1n) is 6.76. The summed E-state index contributed by atoms with van der Waals surface area (Å²) in [5.74, 6) is 2.20. The van der Waals surface area contributed by atoms with Crippen LogP contribution in [-0.2, 0) is 4.74 Å². The number of guanidine groups is 1. The van der Waals surface area contributed by atoms with Crippen LogP contribution in [0.1, 0.15) is 27.2 Å². The van der Waals surface area contributed by atoms with E-state index in [2.05, 4.69) is 29.1 Å². The highest BCUT2D eigenvalue weighted by Crippen LogP contribution is 2.29. The van der Waals surface area contributed by atoms with Crippen LogP contribution >= 0.6 is 35.7 Å². The molecule has 0 aromatic heterocycles. The molecule has 1 heterocycles. The van der Waals surface area contributed by atoms with Gasteiger partial charge in [0.05, 0.1) is 0 Å². The van der Waals surface area contributed by atoms with Crippen molar-refractivity contribution in [2.75, 3.05) is 45.6 Å². The fourth-order valence-electron chi connectivity index (χ4n) is 2.05. The SMILES string of the molecule is CCOCCCNC(=NC)N1CCSC(C)(C)C1.I. The molecule has 0 aromatic carbocycles. The van der Waals surface area contributed by atoms with E-state index in [1.807, 2.05) is 25.7 Å². The summed E-state index contributed by atoms with van der Waals surface area (Å²) in [5.41, 5.74) is 0. The van der Waals surface area contributed by atoms with Crippen LogP contribution in [0.15, 0.2) is 4.99 Å². The molecule has 0 aliphatic carbocycles. The maximum Gasteiger partial charge on any atom is 0.193 e. The number of hydrogen-bond donors (Lipinski definition) is 1. The maximum absolute atomic E-state index is 5.33. The number of nitrogens with one attached hydrogen (secondary N) is 1. The van der Waals surface area contributed by atoms with E-state index in [9.17, 15) is 0 Å². The Kier molecular flexibility index (Phi) is 10.3. The Morgan fingerprint density at radius 1 is 1.47 bits per heavy atom. The number of halogens is 1. The summed E-state index contributed by atoms with van der Waals surface area (Å²) in [5, 5.41) is 3.42. The Labute approximate surface area is 139 Å². The van der Waals surface area contributed by atoms with E-state index in [1.54, 1.807) is 0 Å². The van der Waals surface area contributed by atoms with E-state index in [0.717, 1.165) is 45.2 Å². The first-order chi connectivity index (χ1) is 8.59. The van der Waals surface area contributed by atoms with Crippen LogP contribution in [0, 0.1) is 0 Å². The largest absolute Gasteiger partial charge is 0.382 e. The van der Waals surface area contributed by atoms with Gasteiger partial charge in [-0.05, 0) is 27.2 Å². The van der Waals surface area contributed by atoms with Gasteiger partial charge in [-0.2, -0.15) is 11.8 Å². The highest BCUT2D eigenvalue weighted by atomic mass is 127. The highest BCUT2D eigenvalue weighted by molar-refractivity contribution is 14.0. The van der Waals surface area contributed by atoms with Gasteiger partial charge in [-0.15, -0.1) is 24.0 Å². The van der Waals surface area contributed by atoms with Crippen molar-refractivity contribution in [2.24, 2.45) is 4.99 Å². The van der Waals surface area contributed by atoms with Crippen molar-refractivity contribution in [2.45, 2.75) is 31.9 Å². The van der Waals surface area contributed by atoms with E-state index in [0.29, 0.717) is 4.75 Å². The third-order valence-corrected chi connectivity index (χ3v) is 4.19. The molecule has 0 spiro atoms. The van der Waals surface area contributed by atoms with Crippen LogP contribution in [0.2, 0.25) is 0 Å². The lowest BCUT2D eigenvalue weighted by Crippen LogP contribution is -2.51. The molecule has 6 heteroatoms. The van der Waals surface area contributed by atoms with Crippen molar-refractivity contribution in [3.63, 3.8) is 0 Å². The molecule has 0 unspecified atom stereocenters. The average Bonchev–Trinajstić information content (AvgIpc) is 2.32. The minimum absolute atomic E-state index is 0. The molecule has 1 saturated heterocycles. The lowest BCUT2D eigenvalue weighted by molar-refractivity contribution is 0.145. The van der Waals surface area contributed by atoms with Gasteiger partial charge in [-0.1, -0.05) is 0 Å². The molecule has 4 nitrogen and oxygen atoms in total. The first kappa shape index (κ1) is 19.3. The number of hydrogen-bond acceptors (Lipinski definition) is 3. The number of thioether (sulfide) groups is 1. The van der Waals surface area contributed by atoms with Crippen molar-refractivity contribution in [3.05, 3.63) is 0 Å². The van der Waals surface area contributed by atoms with Crippen molar-refractivity contribution in [1.29, 1.82) is 0 Å². The van der Waals surface area contributed by atoms with Crippen molar-refractivity contribution < 1.29 is 4.74 Å². The normalized spacial score (nSPS) is 18.9. The van der Waals surface area contributed by atoms with Crippen LogP contribution in [-0.4, -0.2) is 61.3 Å². The van der Waals surface area contributed by atoms with E-state index in [1.165, 1.54) is 5.75 Å². The zero-order chi connectivity index (χ0) is 13.4. The molecule has 1 aliphatic rings. The monoisotopic (exact) mass is 401 g/mol. The highest BCUT2D eigenvalue weighted by Gasteiger charge is 2.28. The number of nitrogens with zero attached hydrogens (tertiary/aromatic N) is 2. The van der Waals surface area contributed by atoms with Gasteiger partial charge in [-0.3, -0.25) is 4.99 Å². The molecule has 0 saturated carbocycles. The maximum atomic E-state index is 5.33. The van der Waals surface area contributed by atoms with E-state index >= 15 is 0 Å². The molecule has 0 aromatic rings. The molecule has 19 heavy (non-hydrogen) atoms. The van der Waals surface area contributed by atoms with Crippen LogP contribution in [0.3, 0.4) is 0 Å². The molecule has 114 valence electrons. The second kappa shape index (κ2) is 10.1. The summed E-state index contributed by atoms with van der Waals surface area (Å²) in [6, 6.07) is 0. The van der Waals surface area contributed by atoms with Gasteiger partial charge in [0, 0.05) is 50.4 Å². The predicted molar refractivity (Wildman–Crippen MR) is 96.0 cm³/mol. The average molecular weight is 401 g/mol. The zero-order valence-electron chi connectivity index (χ0n) is 12.6. The number of aliphatic imine (C=N–C) groups is 1. The number of rotatable bonds is 5. The lowest BCUT2D eigenvalue weighted by Gasteiger charge is -2.39. The summed E-state index contributed by atoms with van der Waals surface area (Å²) in [7, 11) is 1.86. The molecular formula is C13H28IN3OS. The molecule has 1 N–H and O–H groups in total. The van der Waals surface area contributed by atoms with Gasteiger partial charge < -0.3 is 15.0 Å². The Hall–Kier alpha value is 0.310. The molecule has 1 aliphatic heterocycles. The van der Waals surface area contributed by atoms with E-state index in [4.69, 9.17) is 4.74 Å². The molecule has 0 amide bonds. The summed E-state index contributed by atoms with van der Waals surface area (Å²) in [4.78, 5) is 6.73. The molecule has 1 fully saturated rings. The van der Waals surface area contributed by atoms with Crippen LogP contribution in [0.5, 0.6) is 0 Å². The Bertz CT molecular complexity index is 275. The van der Waals surface area contributed by atoms with E-state index < -0.39 is 0 Å². The minimum atomic E-state index is 0. The second-order valence-corrected chi connectivity index (χ2v) is 6.86. The summed E-state index contributed by atoms with van der Waals surface area (Å²) in [6.45, 7) is 11.3. The molecular weight excluding hydrogens is 373 g/mol. The quantitative estimate of drug-likeness (QED) is 0.332. The van der Waals surface area contributed by atoms with Gasteiger partial charge >= 0.3 is 0 Å². The van der Waals surface area contributed by atoms with Crippen molar-refractivity contribution in [1.82, 2.24) is 10.2 Å². The minimum Gasteiger partial charge on any atom is -0.382 e. The smallest absolute Gasteiger partial charge is 0.193 e. The molecule has 0 atom stereocenters. The van der Waals surface area contributed by atoms with Crippen LogP contribution in [0.4, 0.5) is 0 Å². The van der Waals surface area contributed by atoms with Gasteiger partial charge in [0.1, 0.15) is 0 Å². The van der Waals surface area contributed by atoms with Gasteiger partial charge in [0.2, 0.25) is 0 Å². The Balaban J connectivity index is 0.00000324. The first-order valence-corrected chi connectivity index (χ1v) is 7.75. The molecule has 1 rings (SSSR count). The Morgan fingerprint density at radius 2 is 2.21 bits per heavy atom. The summed E-state index contributed by atoms with van der Waals surface area (Å²) in [6.07, 6.45) is 1.03. The van der Waals surface area contributed by atoms with E-state index in [-0.39, 0.29) is 24.0 Å².